The number of benzene rings is 2. The standard InChI is InChI=1S/C22H21N3O6/c1-12(2)25-20(27)17-8-6-5-7-16(17)18(24-25)19(26)23-15-10-13(21(28)30-3)9-14(11-15)22(29)31-4/h5-12H,1-4H3,(H,23,26). The Morgan fingerprint density at radius 3 is 2.00 bits per heavy atom. The molecule has 0 aliphatic heterocycles. The van der Waals surface area contributed by atoms with E-state index in [4.69, 9.17) is 9.47 Å². The van der Waals surface area contributed by atoms with Crippen LogP contribution in [0.4, 0.5) is 5.69 Å². The molecule has 9 heteroatoms. The molecule has 160 valence electrons. The number of nitrogens with one attached hydrogen (secondary N) is 1. The maximum absolute atomic E-state index is 13.1. The first-order valence-corrected chi connectivity index (χ1v) is 9.41. The summed E-state index contributed by atoms with van der Waals surface area (Å²) in [6.45, 7) is 3.57. The minimum absolute atomic E-state index is 0.0342. The van der Waals surface area contributed by atoms with E-state index < -0.39 is 17.8 Å². The smallest absolute Gasteiger partial charge is 0.337 e. The molecule has 3 aromatic rings. The first kappa shape index (κ1) is 21.7. The van der Waals surface area contributed by atoms with E-state index in [2.05, 4.69) is 10.4 Å². The molecular formula is C22H21N3O6. The van der Waals surface area contributed by atoms with Crippen molar-refractivity contribution in [2.75, 3.05) is 19.5 Å². The van der Waals surface area contributed by atoms with Crippen molar-refractivity contribution in [2.24, 2.45) is 0 Å². The second-order valence-corrected chi connectivity index (χ2v) is 6.97. The molecule has 0 aliphatic rings. The van der Waals surface area contributed by atoms with Crippen LogP contribution in [0.15, 0.2) is 47.3 Å². The van der Waals surface area contributed by atoms with Gasteiger partial charge < -0.3 is 14.8 Å². The number of methoxy groups -OCH3 is 2. The lowest BCUT2D eigenvalue weighted by Crippen LogP contribution is -2.29. The van der Waals surface area contributed by atoms with E-state index in [0.29, 0.717) is 10.8 Å². The van der Waals surface area contributed by atoms with Gasteiger partial charge in [0.2, 0.25) is 0 Å². The maximum atomic E-state index is 13.1. The zero-order valence-corrected chi connectivity index (χ0v) is 17.5. The number of nitrogens with zero attached hydrogens (tertiary/aromatic N) is 2. The lowest BCUT2D eigenvalue weighted by atomic mass is 10.1. The molecule has 0 saturated heterocycles. The summed E-state index contributed by atoms with van der Waals surface area (Å²) in [5.74, 6) is -1.97. The van der Waals surface area contributed by atoms with Crippen LogP contribution in [0.2, 0.25) is 0 Å². The summed E-state index contributed by atoms with van der Waals surface area (Å²) in [5, 5.41) is 7.64. The lowest BCUT2D eigenvalue weighted by molar-refractivity contribution is 0.0599. The van der Waals surface area contributed by atoms with Crippen molar-refractivity contribution in [1.29, 1.82) is 0 Å². The molecule has 31 heavy (non-hydrogen) atoms. The topological polar surface area (TPSA) is 117 Å². The highest BCUT2D eigenvalue weighted by Crippen LogP contribution is 2.20. The monoisotopic (exact) mass is 423 g/mol. The van der Waals surface area contributed by atoms with Gasteiger partial charge >= 0.3 is 11.9 Å². The third-order valence-electron chi connectivity index (χ3n) is 4.57. The van der Waals surface area contributed by atoms with Crippen molar-refractivity contribution >= 4 is 34.3 Å². The van der Waals surface area contributed by atoms with Gasteiger partial charge in [-0.2, -0.15) is 5.10 Å². The highest BCUT2D eigenvalue weighted by atomic mass is 16.5. The Kier molecular flexibility index (Phi) is 6.15. The number of ether oxygens (including phenoxy) is 2. The van der Waals surface area contributed by atoms with Crippen LogP contribution >= 0.6 is 0 Å². The molecule has 3 rings (SSSR count). The van der Waals surface area contributed by atoms with Crippen LogP contribution in [0.3, 0.4) is 0 Å². The first-order chi connectivity index (χ1) is 14.8. The fraction of sp³-hybridized carbons (Fsp3) is 0.227. The van der Waals surface area contributed by atoms with E-state index in [1.54, 1.807) is 38.1 Å². The second kappa shape index (κ2) is 8.78. The number of amides is 1. The van der Waals surface area contributed by atoms with E-state index in [9.17, 15) is 19.2 Å². The molecular weight excluding hydrogens is 402 g/mol. The predicted octanol–water partition coefficient (Wildman–Crippen LogP) is 2.80. The molecule has 0 unspecified atom stereocenters. The minimum atomic E-state index is -0.682. The summed E-state index contributed by atoms with van der Waals surface area (Å²) < 4.78 is 10.7. The Labute approximate surface area is 177 Å². The molecule has 0 saturated carbocycles. The van der Waals surface area contributed by atoms with E-state index in [1.807, 2.05) is 0 Å². The average Bonchev–Trinajstić information content (AvgIpc) is 2.77. The number of esters is 2. The molecule has 0 atom stereocenters. The molecule has 1 aromatic heterocycles. The quantitative estimate of drug-likeness (QED) is 0.627. The lowest BCUT2D eigenvalue weighted by Gasteiger charge is -2.14. The second-order valence-electron chi connectivity index (χ2n) is 6.97. The van der Waals surface area contributed by atoms with Crippen LogP contribution < -0.4 is 10.9 Å². The van der Waals surface area contributed by atoms with Gasteiger partial charge in [0.05, 0.1) is 36.8 Å². The summed E-state index contributed by atoms with van der Waals surface area (Å²) >= 11 is 0. The van der Waals surface area contributed by atoms with Gasteiger partial charge in [-0.05, 0) is 38.1 Å². The average molecular weight is 423 g/mol. The third-order valence-corrected chi connectivity index (χ3v) is 4.57. The number of hydrogen-bond acceptors (Lipinski definition) is 7. The van der Waals surface area contributed by atoms with Crippen molar-refractivity contribution in [1.82, 2.24) is 9.78 Å². The zero-order chi connectivity index (χ0) is 22.7. The maximum Gasteiger partial charge on any atom is 0.337 e. The summed E-state index contributed by atoms with van der Waals surface area (Å²) in [6, 6.07) is 10.5. The summed E-state index contributed by atoms with van der Waals surface area (Å²) in [5.41, 5.74) is 0.0209. The van der Waals surface area contributed by atoms with Gasteiger partial charge in [-0.15, -0.1) is 0 Å². The van der Waals surface area contributed by atoms with Gasteiger partial charge in [0.15, 0.2) is 5.69 Å². The molecule has 1 N–H and O–H groups in total. The number of carbonyl (C=O) groups is 3. The van der Waals surface area contributed by atoms with Crippen LogP contribution in [-0.2, 0) is 9.47 Å². The number of anilines is 1. The molecule has 0 aliphatic carbocycles. The normalized spacial score (nSPS) is 10.7. The third kappa shape index (κ3) is 4.30. The largest absolute Gasteiger partial charge is 0.465 e. The molecule has 0 bridgehead atoms. The van der Waals surface area contributed by atoms with Crippen LogP contribution in [-0.4, -0.2) is 41.8 Å². The molecule has 0 radical (unpaired) electrons. The Hall–Kier alpha value is -4.01. The highest BCUT2D eigenvalue weighted by molar-refractivity contribution is 6.11. The van der Waals surface area contributed by atoms with Crippen molar-refractivity contribution in [2.45, 2.75) is 19.9 Å². The van der Waals surface area contributed by atoms with Gasteiger partial charge in [-0.1, -0.05) is 18.2 Å². The van der Waals surface area contributed by atoms with Crippen LogP contribution in [0.25, 0.3) is 10.8 Å². The van der Waals surface area contributed by atoms with Gasteiger partial charge in [0, 0.05) is 11.1 Å². The van der Waals surface area contributed by atoms with Gasteiger partial charge in [-0.3, -0.25) is 9.59 Å². The first-order valence-electron chi connectivity index (χ1n) is 9.41. The Morgan fingerprint density at radius 2 is 1.48 bits per heavy atom. The SMILES string of the molecule is COC(=O)c1cc(NC(=O)c2nn(C(C)C)c(=O)c3ccccc23)cc(C(=O)OC)c1. The molecule has 0 spiro atoms. The van der Waals surface area contributed by atoms with Gasteiger partial charge in [0.1, 0.15) is 0 Å². The Balaban J connectivity index is 2.10. The summed E-state index contributed by atoms with van der Waals surface area (Å²) in [7, 11) is 2.41. The summed E-state index contributed by atoms with van der Waals surface area (Å²) in [6.07, 6.45) is 0. The van der Waals surface area contributed by atoms with Crippen molar-refractivity contribution in [3.05, 3.63) is 69.6 Å². The van der Waals surface area contributed by atoms with Crippen molar-refractivity contribution < 1.29 is 23.9 Å². The Morgan fingerprint density at radius 1 is 0.935 bits per heavy atom. The van der Waals surface area contributed by atoms with E-state index >= 15 is 0 Å². The van der Waals surface area contributed by atoms with E-state index in [-0.39, 0.29) is 34.1 Å². The number of hydrogen-bond donors (Lipinski definition) is 1. The highest BCUT2D eigenvalue weighted by Gasteiger charge is 2.20. The van der Waals surface area contributed by atoms with Crippen molar-refractivity contribution in [3.63, 3.8) is 0 Å². The number of carbonyl (C=O) groups excluding carboxylic acids is 3. The van der Waals surface area contributed by atoms with E-state index in [1.165, 1.54) is 37.1 Å². The fourth-order valence-corrected chi connectivity index (χ4v) is 3.09. The van der Waals surface area contributed by atoms with Gasteiger partial charge in [-0.25, -0.2) is 14.3 Å². The number of rotatable bonds is 5. The van der Waals surface area contributed by atoms with Crippen molar-refractivity contribution in [3.8, 4) is 0 Å². The molecule has 1 amide bonds. The van der Waals surface area contributed by atoms with E-state index in [0.717, 1.165) is 0 Å². The molecule has 1 heterocycles. The number of aromatic nitrogens is 2. The molecule has 2 aromatic carbocycles. The Bertz CT molecular complexity index is 1210. The number of fused-ring (bicyclic) bond motifs is 1. The molecule has 9 nitrogen and oxygen atoms in total. The fourth-order valence-electron chi connectivity index (χ4n) is 3.09. The van der Waals surface area contributed by atoms with Crippen LogP contribution in [0.1, 0.15) is 51.1 Å². The van der Waals surface area contributed by atoms with Gasteiger partial charge in [0.25, 0.3) is 11.5 Å². The minimum Gasteiger partial charge on any atom is -0.465 e. The summed E-state index contributed by atoms with van der Waals surface area (Å²) in [4.78, 5) is 49.7. The van der Waals surface area contributed by atoms with Crippen LogP contribution in [0, 0.1) is 0 Å². The zero-order valence-electron chi connectivity index (χ0n) is 17.5. The van der Waals surface area contributed by atoms with Crippen LogP contribution in [0.5, 0.6) is 0 Å². The predicted molar refractivity (Wildman–Crippen MR) is 113 cm³/mol. The molecule has 0 fully saturated rings.